The van der Waals surface area contributed by atoms with Gasteiger partial charge in [0.1, 0.15) is 0 Å². The van der Waals surface area contributed by atoms with Crippen molar-refractivity contribution in [2.75, 3.05) is 5.32 Å². The summed E-state index contributed by atoms with van der Waals surface area (Å²) in [5.41, 5.74) is 2.82. The second-order valence-corrected chi connectivity index (χ2v) is 16.8. The van der Waals surface area contributed by atoms with Gasteiger partial charge in [0.05, 0.1) is 28.1 Å². The number of aromatic hydroxyl groups is 1. The van der Waals surface area contributed by atoms with Crippen LogP contribution in [0.15, 0.2) is 60.8 Å². The van der Waals surface area contributed by atoms with Crippen molar-refractivity contribution < 1.29 is 14.3 Å². The van der Waals surface area contributed by atoms with E-state index in [2.05, 4.69) is 51.3 Å². The number of nitrogens with zero attached hydrogens (tertiary/aromatic N) is 1. The van der Waals surface area contributed by atoms with Crippen LogP contribution in [0.4, 0.5) is 5.69 Å². The lowest BCUT2D eigenvalue weighted by Gasteiger charge is -2.36. The van der Waals surface area contributed by atoms with E-state index in [1.54, 1.807) is 16.7 Å². The number of hydrogen-bond donors (Lipinski definition) is 2. The summed E-state index contributed by atoms with van der Waals surface area (Å²) in [4.78, 5) is 13.2. The van der Waals surface area contributed by atoms with Gasteiger partial charge in [0, 0.05) is 17.0 Å². The number of carbonyl (C=O) groups excluding carboxylic acids is 1. The van der Waals surface area contributed by atoms with Gasteiger partial charge in [0.15, 0.2) is 14.2 Å². The first-order valence-electron chi connectivity index (χ1n) is 11.5. The lowest BCUT2D eigenvalue weighted by molar-refractivity contribution is 0.103. The average molecular weight is 527 g/mol. The standard InChI is InChI=1S/C27H31ClN2O3SSi/c1-27(2,3)35(4,5)33-17-19-9-6-8-18(14-19)15-30-16-21-20(26(30)32)10-7-11-22(21)29-25(31)23-12-13-24(28)34-23/h6-14,16,32H,15,17H2,1-5H3,(H,29,31). The van der Waals surface area contributed by atoms with Crippen LogP contribution in [0.5, 0.6) is 5.88 Å². The van der Waals surface area contributed by atoms with Crippen molar-refractivity contribution in [3.05, 3.63) is 81.1 Å². The Morgan fingerprint density at radius 3 is 2.49 bits per heavy atom. The molecule has 0 fully saturated rings. The molecule has 0 aliphatic heterocycles. The summed E-state index contributed by atoms with van der Waals surface area (Å²) >= 11 is 7.20. The third-order valence-corrected chi connectivity index (χ3v) is 12.4. The zero-order valence-corrected chi connectivity index (χ0v) is 23.3. The maximum atomic E-state index is 12.6. The van der Waals surface area contributed by atoms with E-state index in [9.17, 15) is 9.90 Å². The lowest BCUT2D eigenvalue weighted by Crippen LogP contribution is -2.40. The summed E-state index contributed by atoms with van der Waals surface area (Å²) < 4.78 is 8.75. The molecule has 4 aromatic rings. The van der Waals surface area contributed by atoms with Crippen LogP contribution in [-0.2, 0) is 17.6 Å². The Morgan fingerprint density at radius 1 is 1.09 bits per heavy atom. The fourth-order valence-electron chi connectivity index (χ4n) is 3.62. The van der Waals surface area contributed by atoms with Crippen molar-refractivity contribution in [1.82, 2.24) is 4.57 Å². The quantitative estimate of drug-likeness (QED) is 0.241. The van der Waals surface area contributed by atoms with Gasteiger partial charge in [-0.25, -0.2) is 0 Å². The molecule has 2 aromatic heterocycles. The number of rotatable bonds is 7. The predicted molar refractivity (Wildman–Crippen MR) is 148 cm³/mol. The maximum absolute atomic E-state index is 12.6. The Morgan fingerprint density at radius 2 is 1.80 bits per heavy atom. The number of amides is 1. The number of fused-ring (bicyclic) bond motifs is 1. The molecule has 184 valence electrons. The Labute approximate surface area is 216 Å². The topological polar surface area (TPSA) is 63.5 Å². The van der Waals surface area contributed by atoms with Crippen molar-refractivity contribution in [2.24, 2.45) is 0 Å². The minimum Gasteiger partial charge on any atom is -0.494 e. The van der Waals surface area contributed by atoms with Crippen molar-refractivity contribution in [3.8, 4) is 5.88 Å². The zero-order valence-electron chi connectivity index (χ0n) is 20.7. The van der Waals surface area contributed by atoms with Crippen LogP contribution in [0.25, 0.3) is 10.8 Å². The fourth-order valence-corrected chi connectivity index (χ4v) is 5.51. The summed E-state index contributed by atoms with van der Waals surface area (Å²) in [5.74, 6) is -0.0609. The van der Waals surface area contributed by atoms with Crippen LogP contribution in [0.3, 0.4) is 0 Å². The molecule has 0 aliphatic carbocycles. The summed E-state index contributed by atoms with van der Waals surface area (Å²) in [5, 5.41) is 15.5. The molecule has 1 amide bonds. The minimum atomic E-state index is -1.84. The third-order valence-electron chi connectivity index (χ3n) is 6.70. The highest BCUT2D eigenvalue weighted by Crippen LogP contribution is 2.37. The van der Waals surface area contributed by atoms with Gasteiger partial charge in [-0.15, -0.1) is 11.3 Å². The van der Waals surface area contributed by atoms with Gasteiger partial charge in [0.25, 0.3) is 5.91 Å². The van der Waals surface area contributed by atoms with Crippen LogP contribution in [0, 0.1) is 0 Å². The van der Waals surface area contributed by atoms with Gasteiger partial charge >= 0.3 is 0 Å². The highest BCUT2D eigenvalue weighted by Gasteiger charge is 2.37. The van der Waals surface area contributed by atoms with Crippen LogP contribution in [-0.4, -0.2) is 23.9 Å². The SMILES string of the molecule is CC(C)(C)[Si](C)(C)OCc1cccc(Cn2cc3c(NC(=O)c4ccc(Cl)s4)cccc3c2O)c1. The second-order valence-electron chi connectivity index (χ2n) is 10.3. The largest absolute Gasteiger partial charge is 0.494 e. The highest BCUT2D eigenvalue weighted by molar-refractivity contribution is 7.18. The van der Waals surface area contributed by atoms with E-state index in [-0.39, 0.29) is 16.8 Å². The van der Waals surface area contributed by atoms with Gasteiger partial charge in [-0.3, -0.25) is 4.79 Å². The summed E-state index contributed by atoms with van der Waals surface area (Å²) in [6, 6.07) is 17.2. The first-order chi connectivity index (χ1) is 16.4. The van der Waals surface area contributed by atoms with Crippen LogP contribution < -0.4 is 5.32 Å². The number of aromatic nitrogens is 1. The molecule has 2 aromatic carbocycles. The van der Waals surface area contributed by atoms with Gasteiger partial charge in [-0.2, -0.15) is 0 Å². The Bertz CT molecular complexity index is 1370. The van der Waals surface area contributed by atoms with Gasteiger partial charge in [-0.05, 0) is 53.5 Å². The Hall–Kier alpha value is -2.58. The van der Waals surface area contributed by atoms with E-state index in [0.29, 0.717) is 33.4 Å². The number of anilines is 1. The first-order valence-corrected chi connectivity index (χ1v) is 15.6. The lowest BCUT2D eigenvalue weighted by atomic mass is 10.1. The number of nitrogens with one attached hydrogen (secondary N) is 1. The van der Waals surface area contributed by atoms with E-state index in [4.69, 9.17) is 16.0 Å². The summed E-state index contributed by atoms with van der Waals surface area (Å²) in [6.45, 7) is 12.3. The molecule has 0 spiro atoms. The van der Waals surface area contributed by atoms with E-state index in [1.165, 1.54) is 11.3 Å². The van der Waals surface area contributed by atoms with E-state index < -0.39 is 8.32 Å². The monoisotopic (exact) mass is 526 g/mol. The maximum Gasteiger partial charge on any atom is 0.265 e. The number of carbonyl (C=O) groups is 1. The van der Waals surface area contributed by atoms with Crippen molar-refractivity contribution >= 4 is 53.6 Å². The molecule has 0 bridgehead atoms. The van der Waals surface area contributed by atoms with Gasteiger partial charge in [0.2, 0.25) is 0 Å². The normalized spacial score (nSPS) is 12.3. The predicted octanol–water partition coefficient (Wildman–Crippen LogP) is 7.88. The van der Waals surface area contributed by atoms with Crippen molar-refractivity contribution in [3.63, 3.8) is 0 Å². The molecule has 2 N–H and O–H groups in total. The van der Waals surface area contributed by atoms with Gasteiger partial charge < -0.3 is 19.4 Å². The van der Waals surface area contributed by atoms with E-state index >= 15 is 0 Å². The molecule has 0 atom stereocenters. The smallest absolute Gasteiger partial charge is 0.265 e. The third kappa shape index (κ3) is 5.64. The second kappa shape index (κ2) is 9.82. The molecule has 35 heavy (non-hydrogen) atoms. The first kappa shape index (κ1) is 25.5. The molecule has 0 radical (unpaired) electrons. The van der Waals surface area contributed by atoms with Crippen LogP contribution in [0.1, 0.15) is 41.6 Å². The fraction of sp³-hybridized carbons (Fsp3) is 0.296. The highest BCUT2D eigenvalue weighted by atomic mass is 35.5. The number of thiophene rings is 1. The molecule has 2 heterocycles. The number of halogens is 1. The summed E-state index contributed by atoms with van der Waals surface area (Å²) in [7, 11) is -1.84. The minimum absolute atomic E-state index is 0.157. The Balaban J connectivity index is 1.54. The van der Waals surface area contributed by atoms with Gasteiger partial charge in [-0.1, -0.05) is 62.7 Å². The van der Waals surface area contributed by atoms with E-state index in [1.807, 2.05) is 36.5 Å². The number of hydrogen-bond acceptors (Lipinski definition) is 4. The van der Waals surface area contributed by atoms with Crippen molar-refractivity contribution in [2.45, 2.75) is 52.1 Å². The zero-order chi connectivity index (χ0) is 25.4. The molecule has 0 saturated carbocycles. The van der Waals surface area contributed by atoms with Crippen LogP contribution in [0.2, 0.25) is 22.5 Å². The molecule has 5 nitrogen and oxygen atoms in total. The number of benzene rings is 2. The molecular formula is C27H31ClN2O3SSi. The Kier molecular flexibility index (Phi) is 7.15. The van der Waals surface area contributed by atoms with Crippen LogP contribution >= 0.6 is 22.9 Å². The molecule has 0 aliphatic rings. The molecule has 0 saturated heterocycles. The molecule has 0 unspecified atom stereocenters. The average Bonchev–Trinajstić information content (AvgIpc) is 3.36. The van der Waals surface area contributed by atoms with Crippen molar-refractivity contribution in [1.29, 1.82) is 0 Å². The van der Waals surface area contributed by atoms with E-state index in [0.717, 1.165) is 16.5 Å². The molecule has 4 rings (SSSR count). The molecular weight excluding hydrogens is 496 g/mol. The molecule has 8 heteroatoms. The summed E-state index contributed by atoms with van der Waals surface area (Å²) in [6.07, 6.45) is 1.88.